The second-order valence-electron chi connectivity index (χ2n) is 5.51. The fraction of sp³-hybridized carbons (Fsp3) is 0.100. The third-order valence-corrected chi connectivity index (χ3v) is 4.40. The minimum absolute atomic E-state index is 0.303. The van der Waals surface area contributed by atoms with Gasteiger partial charge in [0.25, 0.3) is 0 Å². The lowest BCUT2D eigenvalue weighted by Crippen LogP contribution is -2.06. The van der Waals surface area contributed by atoms with Crippen LogP contribution < -0.4 is 5.73 Å². The molecule has 0 bridgehead atoms. The van der Waals surface area contributed by atoms with Crippen molar-refractivity contribution < 1.29 is 0 Å². The van der Waals surface area contributed by atoms with E-state index in [1.165, 1.54) is 33.4 Å². The quantitative estimate of drug-likeness (QED) is 0.578. The lowest BCUT2D eigenvalue weighted by atomic mass is 9.87. The first-order chi connectivity index (χ1) is 10.4. The molecule has 1 aliphatic rings. The summed E-state index contributed by atoms with van der Waals surface area (Å²) in [5, 5.41) is 0. The number of nitrogens with two attached hydrogens (primary N) is 1. The zero-order chi connectivity index (χ0) is 14.2. The molecule has 0 fully saturated rings. The Bertz CT molecular complexity index is 790. The van der Waals surface area contributed by atoms with E-state index in [0.29, 0.717) is 12.5 Å². The average Bonchev–Trinajstić information content (AvgIpc) is 2.90. The van der Waals surface area contributed by atoms with Crippen molar-refractivity contribution in [2.45, 2.75) is 12.5 Å². The molecule has 1 nitrogen and oxygen atoms in total. The van der Waals surface area contributed by atoms with E-state index < -0.39 is 0 Å². The van der Waals surface area contributed by atoms with Crippen LogP contribution >= 0.6 is 0 Å². The molecule has 0 radical (unpaired) electrons. The Labute approximate surface area is 125 Å². The highest BCUT2D eigenvalue weighted by atomic mass is 14.5. The van der Waals surface area contributed by atoms with Crippen molar-refractivity contribution in [3.63, 3.8) is 0 Å². The Morgan fingerprint density at radius 3 is 2.24 bits per heavy atom. The maximum atomic E-state index is 6.00. The monoisotopic (exact) mass is 271 g/mol. The Hall–Kier alpha value is -2.38. The number of hydrogen-bond donors (Lipinski definition) is 1. The smallest absolute Gasteiger partial charge is 0.0355 e. The molecule has 1 aliphatic carbocycles. The molecule has 0 saturated carbocycles. The van der Waals surface area contributed by atoms with Gasteiger partial charge < -0.3 is 5.73 Å². The molecule has 102 valence electrons. The number of rotatable bonds is 2. The highest BCUT2D eigenvalue weighted by Crippen LogP contribution is 2.49. The molecule has 0 spiro atoms. The standard InChI is InChI=1S/C20H17N/c21-13-15-9-6-12-18-16-10-4-5-11-17(16)19(20(15)18)14-7-2-1-3-8-14/h1-12,19H,13,21H2. The average molecular weight is 271 g/mol. The summed E-state index contributed by atoms with van der Waals surface area (Å²) in [6.07, 6.45) is 0. The second kappa shape index (κ2) is 4.87. The van der Waals surface area contributed by atoms with Gasteiger partial charge in [0.2, 0.25) is 0 Å². The summed E-state index contributed by atoms with van der Waals surface area (Å²) in [5.74, 6) is 0.303. The van der Waals surface area contributed by atoms with E-state index in [2.05, 4.69) is 72.8 Å². The van der Waals surface area contributed by atoms with Gasteiger partial charge in [-0.2, -0.15) is 0 Å². The van der Waals surface area contributed by atoms with E-state index in [9.17, 15) is 0 Å². The van der Waals surface area contributed by atoms with Crippen molar-refractivity contribution in [2.24, 2.45) is 5.73 Å². The molecule has 0 heterocycles. The summed E-state index contributed by atoms with van der Waals surface area (Å²) in [7, 11) is 0. The maximum absolute atomic E-state index is 6.00. The van der Waals surface area contributed by atoms with Gasteiger partial charge >= 0.3 is 0 Å². The van der Waals surface area contributed by atoms with E-state index >= 15 is 0 Å². The molecule has 3 aromatic carbocycles. The van der Waals surface area contributed by atoms with Crippen LogP contribution in [-0.2, 0) is 6.54 Å². The Morgan fingerprint density at radius 1 is 0.714 bits per heavy atom. The van der Waals surface area contributed by atoms with E-state index in [-0.39, 0.29) is 0 Å². The van der Waals surface area contributed by atoms with Crippen LogP contribution in [0.25, 0.3) is 11.1 Å². The maximum Gasteiger partial charge on any atom is 0.0355 e. The molecule has 21 heavy (non-hydrogen) atoms. The van der Waals surface area contributed by atoms with Crippen molar-refractivity contribution >= 4 is 0 Å². The molecule has 0 aliphatic heterocycles. The topological polar surface area (TPSA) is 26.0 Å². The summed E-state index contributed by atoms with van der Waals surface area (Å²) < 4.78 is 0. The fourth-order valence-electron chi connectivity index (χ4n) is 3.51. The number of fused-ring (bicyclic) bond motifs is 3. The minimum atomic E-state index is 0.303. The van der Waals surface area contributed by atoms with Crippen molar-refractivity contribution in [3.05, 3.63) is 95.1 Å². The van der Waals surface area contributed by atoms with Crippen LogP contribution in [0.3, 0.4) is 0 Å². The van der Waals surface area contributed by atoms with Crippen LogP contribution in [0.2, 0.25) is 0 Å². The van der Waals surface area contributed by atoms with Gasteiger partial charge in [-0.25, -0.2) is 0 Å². The van der Waals surface area contributed by atoms with Crippen LogP contribution in [0.15, 0.2) is 72.8 Å². The largest absolute Gasteiger partial charge is 0.326 e. The van der Waals surface area contributed by atoms with Gasteiger partial charge in [-0.3, -0.25) is 0 Å². The first-order valence-corrected chi connectivity index (χ1v) is 7.36. The molecule has 1 unspecified atom stereocenters. The SMILES string of the molecule is NCc1cccc2c1C(c1ccccc1)c1ccccc1-2. The molecule has 0 amide bonds. The molecule has 1 heteroatoms. The van der Waals surface area contributed by atoms with E-state index in [0.717, 1.165) is 0 Å². The number of benzene rings is 3. The molecule has 0 aromatic heterocycles. The lowest BCUT2D eigenvalue weighted by molar-refractivity contribution is 0.955. The van der Waals surface area contributed by atoms with Crippen LogP contribution in [0, 0.1) is 0 Å². The van der Waals surface area contributed by atoms with Crippen LogP contribution in [0.5, 0.6) is 0 Å². The predicted molar refractivity (Wildman–Crippen MR) is 87.2 cm³/mol. The van der Waals surface area contributed by atoms with E-state index in [1.54, 1.807) is 0 Å². The summed E-state index contributed by atoms with van der Waals surface area (Å²) in [5.41, 5.74) is 14.0. The van der Waals surface area contributed by atoms with E-state index in [4.69, 9.17) is 5.73 Å². The van der Waals surface area contributed by atoms with Crippen molar-refractivity contribution in [1.29, 1.82) is 0 Å². The van der Waals surface area contributed by atoms with Gasteiger partial charge in [0.15, 0.2) is 0 Å². The molecular weight excluding hydrogens is 254 g/mol. The fourth-order valence-corrected chi connectivity index (χ4v) is 3.51. The highest BCUT2D eigenvalue weighted by molar-refractivity contribution is 5.81. The van der Waals surface area contributed by atoms with Gasteiger partial charge in [0.1, 0.15) is 0 Å². The molecule has 3 aromatic rings. The zero-order valence-electron chi connectivity index (χ0n) is 11.8. The molecule has 2 N–H and O–H groups in total. The molecule has 4 rings (SSSR count). The normalized spacial score (nSPS) is 15.6. The van der Waals surface area contributed by atoms with Gasteiger partial charge in [0, 0.05) is 12.5 Å². The predicted octanol–water partition coefficient (Wildman–Crippen LogP) is 4.31. The summed E-state index contributed by atoms with van der Waals surface area (Å²) in [4.78, 5) is 0. The van der Waals surface area contributed by atoms with Gasteiger partial charge in [-0.05, 0) is 33.4 Å². The molecule has 1 atom stereocenters. The highest BCUT2D eigenvalue weighted by Gasteiger charge is 2.30. The van der Waals surface area contributed by atoms with E-state index in [1.807, 2.05) is 0 Å². The summed E-state index contributed by atoms with van der Waals surface area (Å²) in [6.45, 7) is 0.584. The second-order valence-corrected chi connectivity index (χ2v) is 5.51. The first-order valence-electron chi connectivity index (χ1n) is 7.36. The first kappa shape index (κ1) is 12.4. The number of hydrogen-bond acceptors (Lipinski definition) is 1. The minimum Gasteiger partial charge on any atom is -0.326 e. The third-order valence-electron chi connectivity index (χ3n) is 4.40. The molecule has 0 saturated heterocycles. The summed E-state index contributed by atoms with van der Waals surface area (Å²) in [6, 6.07) is 25.9. The van der Waals surface area contributed by atoms with Crippen LogP contribution in [0.1, 0.15) is 28.2 Å². The Morgan fingerprint density at radius 2 is 1.43 bits per heavy atom. The third kappa shape index (κ3) is 1.82. The summed E-state index contributed by atoms with van der Waals surface area (Å²) >= 11 is 0. The Balaban J connectivity index is 2.04. The zero-order valence-corrected chi connectivity index (χ0v) is 11.8. The van der Waals surface area contributed by atoms with Gasteiger partial charge in [-0.15, -0.1) is 0 Å². The van der Waals surface area contributed by atoms with Crippen LogP contribution in [-0.4, -0.2) is 0 Å². The van der Waals surface area contributed by atoms with Crippen molar-refractivity contribution in [2.75, 3.05) is 0 Å². The van der Waals surface area contributed by atoms with Crippen molar-refractivity contribution in [1.82, 2.24) is 0 Å². The lowest BCUT2D eigenvalue weighted by Gasteiger charge is -2.17. The van der Waals surface area contributed by atoms with Crippen LogP contribution in [0.4, 0.5) is 0 Å². The Kier molecular flexibility index (Phi) is 2.87. The van der Waals surface area contributed by atoms with Gasteiger partial charge in [-0.1, -0.05) is 72.8 Å². The van der Waals surface area contributed by atoms with Crippen molar-refractivity contribution in [3.8, 4) is 11.1 Å². The van der Waals surface area contributed by atoms with Gasteiger partial charge in [0.05, 0.1) is 0 Å². The molecular formula is C20H17N.